The zero-order chi connectivity index (χ0) is 16.4. The molecule has 0 saturated carbocycles. The van der Waals surface area contributed by atoms with Crippen LogP contribution in [0.2, 0.25) is 0 Å². The molecule has 1 aliphatic heterocycles. The highest BCUT2D eigenvalue weighted by Crippen LogP contribution is 2.33. The molecule has 1 aromatic heterocycles. The van der Waals surface area contributed by atoms with Gasteiger partial charge in [-0.15, -0.1) is 11.3 Å². The number of hydrogen-bond acceptors (Lipinski definition) is 5. The minimum Gasteiger partial charge on any atom is -0.292 e. The van der Waals surface area contributed by atoms with E-state index in [9.17, 15) is 14.4 Å². The first-order chi connectivity index (χ1) is 11.0. The van der Waals surface area contributed by atoms with E-state index >= 15 is 0 Å². The van der Waals surface area contributed by atoms with Gasteiger partial charge >= 0.3 is 0 Å². The van der Waals surface area contributed by atoms with Gasteiger partial charge in [0.2, 0.25) is 0 Å². The van der Waals surface area contributed by atoms with Gasteiger partial charge in [-0.05, 0) is 36.9 Å². The lowest BCUT2D eigenvalue weighted by atomic mass is 10.1. The fourth-order valence-corrected chi connectivity index (χ4v) is 3.88. The van der Waals surface area contributed by atoms with Crippen LogP contribution in [0.5, 0.6) is 0 Å². The minimum atomic E-state index is -0.407. The molecule has 0 unspecified atom stereocenters. The molecule has 2 amide bonds. The molecule has 6 heteroatoms. The van der Waals surface area contributed by atoms with Crippen LogP contribution >= 0.6 is 23.1 Å². The summed E-state index contributed by atoms with van der Waals surface area (Å²) in [5.41, 5.74) is 0.490. The third-order valence-electron chi connectivity index (χ3n) is 3.31. The first-order valence-electron chi connectivity index (χ1n) is 6.94. The van der Waals surface area contributed by atoms with Crippen LogP contribution in [-0.4, -0.2) is 28.4 Å². The predicted octanol–water partition coefficient (Wildman–Crippen LogP) is 3.98. The highest BCUT2D eigenvalue weighted by Gasteiger charge is 2.36. The zero-order valence-corrected chi connectivity index (χ0v) is 13.9. The van der Waals surface area contributed by atoms with Crippen LogP contribution in [0.25, 0.3) is 6.08 Å². The number of imide groups is 1. The van der Waals surface area contributed by atoms with E-state index in [0.717, 1.165) is 26.4 Å². The Bertz CT molecular complexity index is 808. The Balaban J connectivity index is 1.77. The van der Waals surface area contributed by atoms with Crippen molar-refractivity contribution in [1.29, 1.82) is 0 Å². The van der Waals surface area contributed by atoms with Crippen molar-refractivity contribution in [3.05, 3.63) is 62.7 Å². The molecule has 1 saturated heterocycles. The summed E-state index contributed by atoms with van der Waals surface area (Å²) in [4.78, 5) is 40.0. The Morgan fingerprint density at radius 1 is 1.13 bits per heavy atom. The van der Waals surface area contributed by atoms with Crippen molar-refractivity contribution in [2.45, 2.75) is 6.92 Å². The Morgan fingerprint density at radius 3 is 2.52 bits per heavy atom. The molecule has 2 aromatic rings. The first kappa shape index (κ1) is 15.7. The molecule has 2 heterocycles. The van der Waals surface area contributed by atoms with E-state index in [1.165, 1.54) is 0 Å². The maximum absolute atomic E-state index is 12.4. The summed E-state index contributed by atoms with van der Waals surface area (Å²) >= 11 is 2.43. The molecule has 4 nitrogen and oxygen atoms in total. The highest BCUT2D eigenvalue weighted by atomic mass is 32.2. The fourth-order valence-electron chi connectivity index (χ4n) is 2.16. The summed E-state index contributed by atoms with van der Waals surface area (Å²) in [5, 5.41) is -0.404. The van der Waals surface area contributed by atoms with Crippen LogP contribution in [0.4, 0.5) is 4.79 Å². The van der Waals surface area contributed by atoms with Crippen molar-refractivity contribution >= 4 is 46.1 Å². The van der Waals surface area contributed by atoms with Gasteiger partial charge in [0.1, 0.15) is 0 Å². The lowest BCUT2D eigenvalue weighted by Gasteiger charge is -2.11. The molecule has 0 N–H and O–H groups in total. The van der Waals surface area contributed by atoms with Gasteiger partial charge in [0.05, 0.1) is 11.4 Å². The van der Waals surface area contributed by atoms with Crippen molar-refractivity contribution in [2.24, 2.45) is 0 Å². The number of thioether (sulfide) groups is 1. The number of hydrogen-bond donors (Lipinski definition) is 0. The van der Waals surface area contributed by atoms with Crippen molar-refractivity contribution in [1.82, 2.24) is 4.90 Å². The van der Waals surface area contributed by atoms with E-state index in [4.69, 9.17) is 0 Å². The van der Waals surface area contributed by atoms with Crippen molar-refractivity contribution < 1.29 is 14.4 Å². The molecule has 0 aliphatic carbocycles. The summed E-state index contributed by atoms with van der Waals surface area (Å²) in [5.74, 6) is -0.656. The Morgan fingerprint density at radius 2 is 1.87 bits per heavy atom. The molecule has 0 radical (unpaired) electrons. The SMILES string of the molecule is Cc1ccc(/C=C2/SC(=O)N(CC(=O)c3ccccc3)C2=O)s1. The lowest BCUT2D eigenvalue weighted by Crippen LogP contribution is -2.33. The van der Waals surface area contributed by atoms with Gasteiger partial charge in [-0.1, -0.05) is 30.3 Å². The number of thiophene rings is 1. The van der Waals surface area contributed by atoms with Crippen LogP contribution in [0.1, 0.15) is 20.1 Å². The second kappa shape index (κ2) is 6.52. The monoisotopic (exact) mass is 343 g/mol. The third-order valence-corrected chi connectivity index (χ3v) is 5.16. The van der Waals surface area contributed by atoms with E-state index in [1.807, 2.05) is 25.1 Å². The van der Waals surface area contributed by atoms with Gasteiger partial charge in [0.25, 0.3) is 11.1 Å². The Labute approximate surface area is 141 Å². The van der Waals surface area contributed by atoms with Gasteiger partial charge in [0, 0.05) is 15.3 Å². The van der Waals surface area contributed by atoms with E-state index in [0.29, 0.717) is 10.5 Å². The molecule has 0 atom stereocenters. The number of rotatable bonds is 4. The number of ketones is 1. The van der Waals surface area contributed by atoms with Gasteiger partial charge in [-0.2, -0.15) is 0 Å². The Hall–Kier alpha value is -2.18. The molecule has 1 aromatic carbocycles. The zero-order valence-electron chi connectivity index (χ0n) is 12.3. The molecule has 0 bridgehead atoms. The topological polar surface area (TPSA) is 54.5 Å². The molecular formula is C17H13NO3S2. The van der Waals surface area contributed by atoms with Crippen LogP contribution in [0.15, 0.2) is 47.4 Å². The molecule has 1 fully saturated rings. The summed E-state index contributed by atoms with van der Waals surface area (Å²) < 4.78 is 0. The van der Waals surface area contributed by atoms with Crippen LogP contribution in [-0.2, 0) is 4.79 Å². The Kier molecular flexibility index (Phi) is 4.45. The van der Waals surface area contributed by atoms with Gasteiger partial charge < -0.3 is 0 Å². The van der Waals surface area contributed by atoms with Crippen LogP contribution in [0.3, 0.4) is 0 Å². The average Bonchev–Trinajstić information content (AvgIpc) is 3.07. The molecule has 0 spiro atoms. The molecule has 3 rings (SSSR count). The number of amides is 2. The van der Waals surface area contributed by atoms with E-state index in [2.05, 4.69) is 0 Å². The first-order valence-corrected chi connectivity index (χ1v) is 8.58. The fraction of sp³-hybridized carbons (Fsp3) is 0.118. The number of aryl methyl sites for hydroxylation is 1. The highest BCUT2D eigenvalue weighted by molar-refractivity contribution is 8.18. The van der Waals surface area contributed by atoms with Gasteiger partial charge in [-0.3, -0.25) is 19.3 Å². The molecule has 1 aliphatic rings. The summed E-state index contributed by atoms with van der Waals surface area (Å²) in [6, 6.07) is 12.5. The van der Waals surface area contributed by atoms with Crippen molar-refractivity contribution in [3.8, 4) is 0 Å². The second-order valence-electron chi connectivity index (χ2n) is 5.01. The molecule has 23 heavy (non-hydrogen) atoms. The average molecular weight is 343 g/mol. The van der Waals surface area contributed by atoms with Crippen LogP contribution in [0, 0.1) is 6.92 Å². The van der Waals surface area contributed by atoms with E-state index in [-0.39, 0.29) is 12.3 Å². The maximum Gasteiger partial charge on any atom is 0.293 e. The van der Waals surface area contributed by atoms with Gasteiger partial charge in [-0.25, -0.2) is 0 Å². The van der Waals surface area contributed by atoms with E-state index in [1.54, 1.807) is 41.7 Å². The minimum absolute atomic E-state index is 0.227. The number of carbonyl (C=O) groups excluding carboxylic acids is 3. The quantitative estimate of drug-likeness (QED) is 0.622. The second-order valence-corrected chi connectivity index (χ2v) is 7.32. The number of carbonyl (C=O) groups is 3. The van der Waals surface area contributed by atoms with Crippen molar-refractivity contribution in [2.75, 3.05) is 6.54 Å². The number of Topliss-reactive ketones (excluding diaryl/α,β-unsaturated/α-hetero) is 1. The molecular weight excluding hydrogens is 330 g/mol. The van der Waals surface area contributed by atoms with Crippen molar-refractivity contribution in [3.63, 3.8) is 0 Å². The van der Waals surface area contributed by atoms with E-state index < -0.39 is 11.1 Å². The summed E-state index contributed by atoms with van der Waals surface area (Å²) in [7, 11) is 0. The van der Waals surface area contributed by atoms with Gasteiger partial charge in [0.15, 0.2) is 5.78 Å². The smallest absolute Gasteiger partial charge is 0.292 e. The summed E-state index contributed by atoms with van der Waals surface area (Å²) in [6.45, 7) is 1.75. The number of benzene rings is 1. The number of nitrogens with zero attached hydrogens (tertiary/aromatic N) is 1. The summed E-state index contributed by atoms with van der Waals surface area (Å²) in [6.07, 6.45) is 1.70. The maximum atomic E-state index is 12.4. The normalized spacial score (nSPS) is 16.4. The molecule has 116 valence electrons. The standard InChI is InChI=1S/C17H13NO3S2/c1-11-7-8-13(22-11)9-15-16(20)18(17(21)23-15)10-14(19)12-5-3-2-4-6-12/h2-9H,10H2,1H3/b15-9+. The third kappa shape index (κ3) is 3.43. The largest absolute Gasteiger partial charge is 0.293 e. The van der Waals surface area contributed by atoms with Crippen LogP contribution < -0.4 is 0 Å². The lowest BCUT2D eigenvalue weighted by molar-refractivity contribution is -0.122. The predicted molar refractivity (Wildman–Crippen MR) is 92.5 cm³/mol.